The van der Waals surface area contributed by atoms with Gasteiger partial charge in [0.05, 0.1) is 10.9 Å². The Bertz CT molecular complexity index is 952. The second-order valence-corrected chi connectivity index (χ2v) is 7.50. The molecular formula is C16H18ClN7OS. The largest absolute Gasteiger partial charge is 0.334 e. The molecule has 10 heteroatoms. The van der Waals surface area contributed by atoms with E-state index >= 15 is 0 Å². The second kappa shape index (κ2) is 7.38. The summed E-state index contributed by atoms with van der Waals surface area (Å²) in [6.45, 7) is 5.56. The lowest BCUT2D eigenvalue weighted by atomic mass is 10.3. The Morgan fingerprint density at radius 2 is 2.08 bits per heavy atom. The van der Waals surface area contributed by atoms with Gasteiger partial charge in [0, 0.05) is 16.4 Å². The molecule has 3 rings (SSSR count). The number of thioether (sulfide) groups is 1. The van der Waals surface area contributed by atoms with Crippen molar-refractivity contribution in [2.75, 3.05) is 11.2 Å². The third-order valence-corrected chi connectivity index (χ3v) is 4.88. The lowest BCUT2D eigenvalue weighted by molar-refractivity contribution is -0.115. The standard InChI is InChI=1S/C16H18ClN7OS/c1-9-7-10(2)24(22-9)15-20-21-16(23(15)18)26-11(3)14(25)19-13-6-4-5-12(17)8-13/h4-8,11H,18H2,1-3H3,(H,19,25). The number of carbonyl (C=O) groups is 1. The van der Waals surface area contributed by atoms with Crippen molar-refractivity contribution in [1.29, 1.82) is 0 Å². The lowest BCUT2D eigenvalue weighted by Gasteiger charge is -2.11. The third-order valence-electron chi connectivity index (χ3n) is 3.59. The number of hydrogen-bond donors (Lipinski definition) is 2. The average molecular weight is 392 g/mol. The number of nitrogen functional groups attached to an aromatic ring is 1. The van der Waals surface area contributed by atoms with Crippen LogP contribution in [0, 0.1) is 13.8 Å². The fraction of sp³-hybridized carbons (Fsp3) is 0.250. The fourth-order valence-electron chi connectivity index (χ4n) is 2.35. The first kappa shape index (κ1) is 18.3. The molecule has 3 aromatic rings. The first-order valence-corrected chi connectivity index (χ1v) is 9.08. The second-order valence-electron chi connectivity index (χ2n) is 5.75. The van der Waals surface area contributed by atoms with Crippen molar-refractivity contribution >= 4 is 35.0 Å². The number of anilines is 1. The van der Waals surface area contributed by atoms with Crippen LogP contribution in [-0.4, -0.2) is 35.8 Å². The zero-order chi connectivity index (χ0) is 18.8. The van der Waals surface area contributed by atoms with Crippen LogP contribution in [0.4, 0.5) is 5.69 Å². The molecule has 1 amide bonds. The Balaban J connectivity index is 1.72. The Morgan fingerprint density at radius 3 is 2.73 bits per heavy atom. The summed E-state index contributed by atoms with van der Waals surface area (Å²) in [7, 11) is 0. The van der Waals surface area contributed by atoms with Crippen molar-refractivity contribution < 1.29 is 4.79 Å². The van der Waals surface area contributed by atoms with E-state index < -0.39 is 5.25 Å². The molecule has 0 saturated heterocycles. The van der Waals surface area contributed by atoms with Gasteiger partial charge in [-0.2, -0.15) is 5.10 Å². The highest BCUT2D eigenvalue weighted by Gasteiger charge is 2.21. The molecule has 2 aromatic heterocycles. The van der Waals surface area contributed by atoms with Crippen LogP contribution in [0.1, 0.15) is 18.3 Å². The quantitative estimate of drug-likeness (QED) is 0.511. The van der Waals surface area contributed by atoms with Gasteiger partial charge in [-0.1, -0.05) is 29.4 Å². The molecule has 0 fully saturated rings. The third kappa shape index (κ3) is 3.83. The van der Waals surface area contributed by atoms with Gasteiger partial charge in [0.2, 0.25) is 11.1 Å². The van der Waals surface area contributed by atoms with Crippen LogP contribution in [0.15, 0.2) is 35.5 Å². The van der Waals surface area contributed by atoms with Gasteiger partial charge >= 0.3 is 0 Å². The van der Waals surface area contributed by atoms with Gasteiger partial charge in [-0.05, 0) is 45.0 Å². The minimum absolute atomic E-state index is 0.187. The van der Waals surface area contributed by atoms with Crippen molar-refractivity contribution in [2.45, 2.75) is 31.2 Å². The van der Waals surface area contributed by atoms with Crippen LogP contribution in [0.3, 0.4) is 0 Å². The minimum Gasteiger partial charge on any atom is -0.334 e. The summed E-state index contributed by atoms with van der Waals surface area (Å²) >= 11 is 7.14. The fourth-order valence-corrected chi connectivity index (χ4v) is 3.30. The highest BCUT2D eigenvalue weighted by Crippen LogP contribution is 2.24. The van der Waals surface area contributed by atoms with Gasteiger partial charge in [0.25, 0.3) is 5.95 Å². The highest BCUT2D eigenvalue weighted by molar-refractivity contribution is 8.00. The summed E-state index contributed by atoms with van der Waals surface area (Å²) in [5.41, 5.74) is 2.38. The molecule has 2 heterocycles. The lowest BCUT2D eigenvalue weighted by Crippen LogP contribution is -2.24. The number of amides is 1. The zero-order valence-electron chi connectivity index (χ0n) is 14.5. The van der Waals surface area contributed by atoms with E-state index in [2.05, 4.69) is 20.6 Å². The summed E-state index contributed by atoms with van der Waals surface area (Å²) in [6.07, 6.45) is 0. The normalized spacial score (nSPS) is 12.2. The van der Waals surface area contributed by atoms with E-state index in [0.29, 0.717) is 21.8 Å². The van der Waals surface area contributed by atoms with E-state index in [0.717, 1.165) is 11.4 Å². The number of carbonyl (C=O) groups excluding carboxylic acids is 1. The Hall–Kier alpha value is -2.52. The maximum absolute atomic E-state index is 12.4. The van der Waals surface area contributed by atoms with Crippen LogP contribution in [-0.2, 0) is 4.79 Å². The molecule has 1 aromatic carbocycles. The van der Waals surface area contributed by atoms with Gasteiger partial charge in [-0.15, -0.1) is 10.2 Å². The molecule has 3 N–H and O–H groups in total. The first-order valence-electron chi connectivity index (χ1n) is 7.82. The van der Waals surface area contributed by atoms with Gasteiger partial charge in [0.1, 0.15) is 0 Å². The van der Waals surface area contributed by atoms with Crippen molar-refractivity contribution in [3.8, 4) is 5.95 Å². The maximum atomic E-state index is 12.4. The van der Waals surface area contributed by atoms with E-state index in [4.69, 9.17) is 17.4 Å². The smallest absolute Gasteiger partial charge is 0.271 e. The molecule has 0 spiro atoms. The predicted molar refractivity (Wildman–Crippen MR) is 102 cm³/mol. The number of rotatable bonds is 5. The van der Waals surface area contributed by atoms with E-state index in [1.54, 1.807) is 35.9 Å². The Kier molecular flexibility index (Phi) is 5.19. The molecule has 0 aliphatic rings. The predicted octanol–water partition coefficient (Wildman–Crippen LogP) is 2.57. The summed E-state index contributed by atoms with van der Waals surface area (Å²) in [5, 5.41) is 15.9. The molecule has 0 radical (unpaired) electrons. The van der Waals surface area contributed by atoms with E-state index in [1.807, 2.05) is 19.9 Å². The SMILES string of the molecule is Cc1cc(C)n(-c2nnc(SC(C)C(=O)Nc3cccc(Cl)c3)n2N)n1. The van der Waals surface area contributed by atoms with Crippen molar-refractivity contribution in [2.24, 2.45) is 0 Å². The molecule has 136 valence electrons. The first-order chi connectivity index (χ1) is 12.3. The van der Waals surface area contributed by atoms with Crippen molar-refractivity contribution in [1.82, 2.24) is 24.7 Å². The number of aromatic nitrogens is 5. The van der Waals surface area contributed by atoms with Crippen molar-refractivity contribution in [3.63, 3.8) is 0 Å². The van der Waals surface area contributed by atoms with Crippen LogP contribution in [0.2, 0.25) is 5.02 Å². The van der Waals surface area contributed by atoms with Crippen LogP contribution < -0.4 is 11.2 Å². The summed E-state index contributed by atoms with van der Waals surface area (Å²) in [6, 6.07) is 8.89. The van der Waals surface area contributed by atoms with Gasteiger partial charge < -0.3 is 11.2 Å². The van der Waals surface area contributed by atoms with Crippen LogP contribution >= 0.6 is 23.4 Å². The van der Waals surface area contributed by atoms with E-state index in [1.165, 1.54) is 16.4 Å². The number of nitrogens with two attached hydrogens (primary N) is 1. The highest BCUT2D eigenvalue weighted by atomic mass is 35.5. The molecule has 0 aliphatic heterocycles. The van der Waals surface area contributed by atoms with E-state index in [-0.39, 0.29) is 5.91 Å². The average Bonchev–Trinajstić information content (AvgIpc) is 3.09. The maximum Gasteiger partial charge on any atom is 0.271 e. The number of hydrogen-bond acceptors (Lipinski definition) is 6. The summed E-state index contributed by atoms with van der Waals surface area (Å²) in [5.74, 6) is 6.30. The van der Waals surface area contributed by atoms with Gasteiger partial charge in [0.15, 0.2) is 0 Å². The molecule has 26 heavy (non-hydrogen) atoms. The van der Waals surface area contributed by atoms with E-state index in [9.17, 15) is 4.79 Å². The molecular weight excluding hydrogens is 374 g/mol. The Morgan fingerprint density at radius 1 is 1.31 bits per heavy atom. The number of halogens is 1. The summed E-state index contributed by atoms with van der Waals surface area (Å²) < 4.78 is 2.94. The molecule has 0 bridgehead atoms. The minimum atomic E-state index is -0.436. The summed E-state index contributed by atoms with van der Waals surface area (Å²) in [4.78, 5) is 12.4. The monoisotopic (exact) mass is 391 g/mol. The van der Waals surface area contributed by atoms with Crippen LogP contribution in [0.5, 0.6) is 0 Å². The Labute approximate surface area is 159 Å². The van der Waals surface area contributed by atoms with Gasteiger partial charge in [-0.25, -0.2) is 9.36 Å². The van der Waals surface area contributed by atoms with Crippen molar-refractivity contribution in [3.05, 3.63) is 46.7 Å². The van der Waals surface area contributed by atoms with Crippen LogP contribution in [0.25, 0.3) is 5.95 Å². The molecule has 0 aliphatic carbocycles. The van der Waals surface area contributed by atoms with Gasteiger partial charge in [-0.3, -0.25) is 4.79 Å². The zero-order valence-corrected chi connectivity index (χ0v) is 16.0. The number of nitrogens with one attached hydrogen (secondary N) is 1. The number of benzene rings is 1. The molecule has 8 nitrogen and oxygen atoms in total. The number of aryl methyl sites for hydroxylation is 2. The molecule has 1 unspecified atom stereocenters. The number of nitrogens with zero attached hydrogens (tertiary/aromatic N) is 5. The molecule has 0 saturated carbocycles. The molecule has 1 atom stereocenters. The topological polar surface area (TPSA) is 104 Å².